The first-order valence-electron chi connectivity index (χ1n) is 7.41. The molecule has 1 aromatic rings. The lowest BCUT2D eigenvalue weighted by molar-refractivity contribution is -0.119. The zero-order valence-corrected chi connectivity index (χ0v) is 12.6. The molecule has 1 aromatic carbocycles. The van der Waals surface area contributed by atoms with E-state index in [1.165, 1.54) is 11.3 Å². The lowest BCUT2D eigenvalue weighted by atomic mass is 10.0. The van der Waals surface area contributed by atoms with Crippen LogP contribution in [0.15, 0.2) is 24.3 Å². The number of carbonyl (C=O) groups excluding carboxylic acids is 1. The van der Waals surface area contributed by atoms with Crippen LogP contribution in [0.1, 0.15) is 18.4 Å². The average molecular weight is 275 g/mol. The van der Waals surface area contributed by atoms with Crippen LogP contribution in [0.5, 0.6) is 0 Å². The Hall–Kier alpha value is -1.55. The first-order chi connectivity index (χ1) is 9.66. The number of carbonyl (C=O) groups is 1. The average Bonchev–Trinajstić information content (AvgIpc) is 2.44. The van der Waals surface area contributed by atoms with Crippen LogP contribution in [-0.2, 0) is 11.2 Å². The molecule has 4 nitrogen and oxygen atoms in total. The second-order valence-corrected chi connectivity index (χ2v) is 5.66. The molecule has 0 unspecified atom stereocenters. The summed E-state index contributed by atoms with van der Waals surface area (Å²) >= 11 is 0. The number of rotatable bonds is 6. The van der Waals surface area contributed by atoms with Gasteiger partial charge in [-0.15, -0.1) is 0 Å². The molecule has 1 heterocycles. The second kappa shape index (κ2) is 7.29. The van der Waals surface area contributed by atoms with Crippen LogP contribution in [-0.4, -0.2) is 51.1 Å². The van der Waals surface area contributed by atoms with Gasteiger partial charge in [0.05, 0.1) is 6.54 Å². The van der Waals surface area contributed by atoms with Crippen molar-refractivity contribution in [2.24, 2.45) is 0 Å². The zero-order valence-electron chi connectivity index (χ0n) is 12.6. The monoisotopic (exact) mass is 275 g/mol. The Labute approximate surface area is 121 Å². The summed E-state index contributed by atoms with van der Waals surface area (Å²) < 4.78 is 0. The fourth-order valence-electron chi connectivity index (χ4n) is 2.63. The molecule has 1 aliphatic rings. The van der Waals surface area contributed by atoms with E-state index in [0.717, 1.165) is 38.9 Å². The topological polar surface area (TPSA) is 35.6 Å². The number of amides is 1. The Morgan fingerprint density at radius 3 is 2.95 bits per heavy atom. The zero-order chi connectivity index (χ0) is 14.4. The van der Waals surface area contributed by atoms with Crippen molar-refractivity contribution in [1.29, 1.82) is 0 Å². The van der Waals surface area contributed by atoms with Gasteiger partial charge in [-0.1, -0.05) is 18.2 Å². The van der Waals surface area contributed by atoms with Crippen molar-refractivity contribution >= 4 is 11.6 Å². The molecule has 20 heavy (non-hydrogen) atoms. The maximum absolute atomic E-state index is 12.0. The fourth-order valence-corrected chi connectivity index (χ4v) is 2.63. The third-order valence-corrected chi connectivity index (χ3v) is 3.65. The van der Waals surface area contributed by atoms with E-state index in [-0.39, 0.29) is 5.91 Å². The summed E-state index contributed by atoms with van der Waals surface area (Å²) in [6.45, 7) is 3.21. The van der Waals surface area contributed by atoms with Gasteiger partial charge in [-0.2, -0.15) is 0 Å². The Morgan fingerprint density at radius 1 is 1.35 bits per heavy atom. The largest absolute Gasteiger partial charge is 0.362 e. The van der Waals surface area contributed by atoms with Gasteiger partial charge in [-0.05, 0) is 51.5 Å². The fraction of sp³-hybridized carbons (Fsp3) is 0.562. The number of benzene rings is 1. The molecule has 0 bridgehead atoms. The molecule has 0 atom stereocenters. The van der Waals surface area contributed by atoms with Crippen molar-refractivity contribution in [3.8, 4) is 0 Å². The lowest BCUT2D eigenvalue weighted by Gasteiger charge is -2.30. The smallest absolute Gasteiger partial charge is 0.239 e. The summed E-state index contributed by atoms with van der Waals surface area (Å²) in [5, 5.41) is 3.01. The molecule has 110 valence electrons. The molecule has 0 radical (unpaired) electrons. The van der Waals surface area contributed by atoms with Gasteiger partial charge in [0.15, 0.2) is 0 Å². The van der Waals surface area contributed by atoms with Crippen LogP contribution in [0.3, 0.4) is 0 Å². The molecule has 1 amide bonds. The predicted molar refractivity (Wildman–Crippen MR) is 83.2 cm³/mol. The van der Waals surface area contributed by atoms with Crippen molar-refractivity contribution in [3.05, 3.63) is 29.8 Å². The van der Waals surface area contributed by atoms with Gasteiger partial charge in [0, 0.05) is 18.8 Å². The van der Waals surface area contributed by atoms with E-state index in [1.807, 2.05) is 20.2 Å². The van der Waals surface area contributed by atoms with E-state index in [4.69, 9.17) is 0 Å². The molecule has 0 aromatic heterocycles. The number of nitrogens with zero attached hydrogens (tertiary/aromatic N) is 2. The van der Waals surface area contributed by atoms with Gasteiger partial charge >= 0.3 is 0 Å². The highest BCUT2D eigenvalue weighted by Gasteiger charge is 2.18. The van der Waals surface area contributed by atoms with E-state index in [2.05, 4.69) is 33.3 Å². The lowest BCUT2D eigenvalue weighted by Crippen LogP contribution is -2.40. The highest BCUT2D eigenvalue weighted by atomic mass is 16.2. The summed E-state index contributed by atoms with van der Waals surface area (Å²) in [5.41, 5.74) is 2.58. The minimum Gasteiger partial charge on any atom is -0.362 e. The molecule has 4 heteroatoms. The Balaban J connectivity index is 1.80. The number of aryl methyl sites for hydroxylation is 1. The minimum absolute atomic E-state index is 0.125. The van der Waals surface area contributed by atoms with Crippen LogP contribution in [0.2, 0.25) is 0 Å². The van der Waals surface area contributed by atoms with E-state index >= 15 is 0 Å². The van der Waals surface area contributed by atoms with Gasteiger partial charge in [0.25, 0.3) is 0 Å². The second-order valence-electron chi connectivity index (χ2n) is 5.66. The summed E-state index contributed by atoms with van der Waals surface area (Å²) in [7, 11) is 4.10. The van der Waals surface area contributed by atoms with Crippen LogP contribution < -0.4 is 10.2 Å². The summed E-state index contributed by atoms with van der Waals surface area (Å²) in [6, 6.07) is 8.40. The number of para-hydroxylation sites is 1. The molecule has 0 aliphatic carbocycles. The molecule has 0 fully saturated rings. The summed E-state index contributed by atoms with van der Waals surface area (Å²) in [6.07, 6.45) is 3.25. The molecule has 0 saturated carbocycles. The van der Waals surface area contributed by atoms with Crippen molar-refractivity contribution in [3.63, 3.8) is 0 Å². The normalized spacial score (nSPS) is 14.2. The van der Waals surface area contributed by atoms with Gasteiger partial charge in [0.2, 0.25) is 5.91 Å². The van der Waals surface area contributed by atoms with Gasteiger partial charge in [-0.3, -0.25) is 4.79 Å². The molecule has 2 rings (SSSR count). The molecule has 0 saturated heterocycles. The van der Waals surface area contributed by atoms with E-state index < -0.39 is 0 Å². The van der Waals surface area contributed by atoms with Crippen molar-refractivity contribution in [2.45, 2.75) is 19.3 Å². The first-order valence-corrected chi connectivity index (χ1v) is 7.41. The van der Waals surface area contributed by atoms with E-state index in [9.17, 15) is 4.79 Å². The van der Waals surface area contributed by atoms with Gasteiger partial charge in [-0.25, -0.2) is 0 Å². The Bertz CT molecular complexity index is 445. The van der Waals surface area contributed by atoms with E-state index in [1.54, 1.807) is 0 Å². The highest BCUT2D eigenvalue weighted by Crippen LogP contribution is 2.26. The SMILES string of the molecule is CN(C)CCCNC(=O)CN1CCCc2ccccc21. The number of hydrogen-bond acceptors (Lipinski definition) is 3. The molecule has 0 spiro atoms. The molecule has 1 aliphatic heterocycles. The quantitative estimate of drug-likeness (QED) is 0.799. The summed E-state index contributed by atoms with van der Waals surface area (Å²) in [5.74, 6) is 0.125. The van der Waals surface area contributed by atoms with Crippen LogP contribution in [0.25, 0.3) is 0 Å². The number of hydrogen-bond donors (Lipinski definition) is 1. The minimum atomic E-state index is 0.125. The third kappa shape index (κ3) is 4.23. The molecule has 1 N–H and O–H groups in total. The predicted octanol–water partition coefficient (Wildman–Crippen LogP) is 1.51. The van der Waals surface area contributed by atoms with E-state index in [0.29, 0.717) is 6.54 Å². The van der Waals surface area contributed by atoms with Crippen molar-refractivity contribution in [2.75, 3.05) is 45.2 Å². The molecular formula is C16H25N3O. The van der Waals surface area contributed by atoms with Crippen molar-refractivity contribution < 1.29 is 4.79 Å². The number of fused-ring (bicyclic) bond motifs is 1. The highest BCUT2D eigenvalue weighted by molar-refractivity contribution is 5.81. The third-order valence-electron chi connectivity index (χ3n) is 3.65. The van der Waals surface area contributed by atoms with Crippen molar-refractivity contribution in [1.82, 2.24) is 10.2 Å². The van der Waals surface area contributed by atoms with Gasteiger partial charge < -0.3 is 15.1 Å². The summed E-state index contributed by atoms with van der Waals surface area (Å²) in [4.78, 5) is 16.3. The Kier molecular flexibility index (Phi) is 5.41. The molecular weight excluding hydrogens is 250 g/mol. The van der Waals surface area contributed by atoms with Crippen LogP contribution in [0.4, 0.5) is 5.69 Å². The number of nitrogens with one attached hydrogen (secondary N) is 1. The number of anilines is 1. The van der Waals surface area contributed by atoms with Gasteiger partial charge in [0.1, 0.15) is 0 Å². The Morgan fingerprint density at radius 2 is 2.15 bits per heavy atom. The maximum atomic E-state index is 12.0. The maximum Gasteiger partial charge on any atom is 0.239 e. The van der Waals surface area contributed by atoms with Crippen LogP contribution in [0, 0.1) is 0 Å². The standard InChI is InChI=1S/C16H25N3O/c1-18(2)11-6-10-17-16(20)13-19-12-5-8-14-7-3-4-9-15(14)19/h3-4,7,9H,5-6,8,10-13H2,1-2H3,(H,17,20). The van der Waals surface area contributed by atoms with Crippen LogP contribution >= 0.6 is 0 Å². The first kappa shape index (κ1) is 14.9.